The van der Waals surface area contributed by atoms with Crippen molar-refractivity contribution in [3.8, 4) is 11.4 Å². The highest BCUT2D eigenvalue weighted by Crippen LogP contribution is 2.19. The van der Waals surface area contributed by atoms with E-state index in [1.807, 2.05) is 38.4 Å². The van der Waals surface area contributed by atoms with Crippen LogP contribution in [0, 0.1) is 0 Å². The minimum Gasteiger partial charge on any atom is -0.319 e. The Morgan fingerprint density at radius 1 is 1.29 bits per heavy atom. The first-order valence-corrected chi connectivity index (χ1v) is 5.89. The zero-order valence-electron chi connectivity index (χ0n) is 9.94. The van der Waals surface area contributed by atoms with Crippen LogP contribution in [0.5, 0.6) is 0 Å². The number of halogens is 1. The molecule has 2 rings (SSSR count). The summed E-state index contributed by atoms with van der Waals surface area (Å²) < 4.78 is 1.80. The molecule has 0 aliphatic carbocycles. The number of hydrogen-bond acceptors (Lipinski definition) is 3. The van der Waals surface area contributed by atoms with E-state index in [9.17, 15) is 0 Å². The summed E-state index contributed by atoms with van der Waals surface area (Å²) in [6.45, 7) is 0.879. The summed E-state index contributed by atoms with van der Waals surface area (Å²) in [6, 6.07) is 7.63. The lowest BCUT2D eigenvalue weighted by Crippen LogP contribution is -2.11. The number of likely N-dealkylation sites (N-methyl/N-ethyl adjacent to an activating group) is 1. The molecule has 0 amide bonds. The van der Waals surface area contributed by atoms with E-state index in [2.05, 4.69) is 15.4 Å². The minimum atomic E-state index is 0.728. The van der Waals surface area contributed by atoms with Crippen LogP contribution in [0.3, 0.4) is 0 Å². The first-order valence-electron chi connectivity index (χ1n) is 5.51. The second-order valence-electron chi connectivity index (χ2n) is 3.84. The molecule has 0 unspecified atom stereocenters. The maximum absolute atomic E-state index is 5.86. The number of hydrogen-bond donors (Lipinski definition) is 1. The molecule has 0 fully saturated rings. The summed E-state index contributed by atoms with van der Waals surface area (Å²) >= 11 is 5.86. The Morgan fingerprint density at radius 3 is 2.65 bits per heavy atom. The minimum absolute atomic E-state index is 0.728. The molecule has 0 aliphatic heterocycles. The summed E-state index contributed by atoms with van der Waals surface area (Å²) in [5, 5.41) is 8.19. The molecule has 0 spiro atoms. The van der Waals surface area contributed by atoms with Gasteiger partial charge in [-0.05, 0) is 31.3 Å². The second kappa shape index (κ2) is 5.29. The van der Waals surface area contributed by atoms with Crippen LogP contribution in [-0.2, 0) is 13.5 Å². The molecule has 1 N–H and O–H groups in total. The Kier molecular flexibility index (Phi) is 3.76. The van der Waals surface area contributed by atoms with Crippen LogP contribution >= 0.6 is 11.6 Å². The summed E-state index contributed by atoms with van der Waals surface area (Å²) in [4.78, 5) is 4.52. The molecule has 1 aromatic heterocycles. The van der Waals surface area contributed by atoms with Crippen molar-refractivity contribution in [2.24, 2.45) is 7.05 Å². The Morgan fingerprint density at radius 2 is 2.00 bits per heavy atom. The molecule has 17 heavy (non-hydrogen) atoms. The van der Waals surface area contributed by atoms with Gasteiger partial charge in [0.1, 0.15) is 0 Å². The van der Waals surface area contributed by atoms with Crippen molar-refractivity contribution in [2.75, 3.05) is 13.6 Å². The highest BCUT2D eigenvalue weighted by molar-refractivity contribution is 6.30. The van der Waals surface area contributed by atoms with Crippen LogP contribution in [0.1, 0.15) is 5.82 Å². The van der Waals surface area contributed by atoms with Gasteiger partial charge in [0.15, 0.2) is 11.6 Å². The lowest BCUT2D eigenvalue weighted by atomic mass is 10.2. The van der Waals surface area contributed by atoms with E-state index in [-0.39, 0.29) is 0 Å². The molecular formula is C12H15ClN4. The second-order valence-corrected chi connectivity index (χ2v) is 4.27. The number of aryl methyl sites for hydroxylation is 1. The van der Waals surface area contributed by atoms with Gasteiger partial charge >= 0.3 is 0 Å². The van der Waals surface area contributed by atoms with E-state index in [1.54, 1.807) is 4.68 Å². The lowest BCUT2D eigenvalue weighted by Gasteiger charge is -1.99. The van der Waals surface area contributed by atoms with Crippen LogP contribution in [0.15, 0.2) is 24.3 Å². The highest BCUT2D eigenvalue weighted by atomic mass is 35.5. The van der Waals surface area contributed by atoms with E-state index in [1.165, 1.54) is 0 Å². The SMILES string of the molecule is CNCCc1nc(-c2ccc(Cl)cc2)n(C)n1. The number of nitrogens with one attached hydrogen (secondary N) is 1. The fourth-order valence-electron chi connectivity index (χ4n) is 1.63. The first kappa shape index (κ1) is 12.1. The van der Waals surface area contributed by atoms with Gasteiger partial charge in [0.05, 0.1) is 0 Å². The third-order valence-corrected chi connectivity index (χ3v) is 2.76. The van der Waals surface area contributed by atoms with Crippen molar-refractivity contribution in [1.29, 1.82) is 0 Å². The quantitative estimate of drug-likeness (QED) is 0.901. The smallest absolute Gasteiger partial charge is 0.158 e. The van der Waals surface area contributed by atoms with Crippen molar-refractivity contribution in [1.82, 2.24) is 20.1 Å². The zero-order valence-corrected chi connectivity index (χ0v) is 10.7. The van der Waals surface area contributed by atoms with Gasteiger partial charge in [-0.3, -0.25) is 0 Å². The third-order valence-electron chi connectivity index (χ3n) is 2.51. The summed E-state index contributed by atoms with van der Waals surface area (Å²) in [6.07, 6.45) is 0.831. The molecule has 0 aliphatic rings. The van der Waals surface area contributed by atoms with E-state index in [0.29, 0.717) is 0 Å². The van der Waals surface area contributed by atoms with Crippen LogP contribution in [0.25, 0.3) is 11.4 Å². The molecule has 0 radical (unpaired) electrons. The molecule has 1 heterocycles. The first-order chi connectivity index (χ1) is 8.20. The van der Waals surface area contributed by atoms with Crippen LogP contribution in [0.2, 0.25) is 5.02 Å². The molecule has 0 saturated heterocycles. The Hall–Kier alpha value is -1.39. The Balaban J connectivity index is 2.26. The van der Waals surface area contributed by atoms with Gasteiger partial charge in [-0.15, -0.1) is 0 Å². The molecule has 0 saturated carbocycles. The van der Waals surface area contributed by atoms with Crippen LogP contribution in [-0.4, -0.2) is 28.4 Å². The molecule has 90 valence electrons. The van der Waals surface area contributed by atoms with Gasteiger partial charge in [-0.1, -0.05) is 11.6 Å². The Labute approximate surface area is 106 Å². The average molecular weight is 251 g/mol. The van der Waals surface area contributed by atoms with Gasteiger partial charge in [-0.25, -0.2) is 9.67 Å². The van der Waals surface area contributed by atoms with E-state index in [4.69, 9.17) is 11.6 Å². The molecular weight excluding hydrogens is 236 g/mol. The monoisotopic (exact) mass is 250 g/mol. The third kappa shape index (κ3) is 2.84. The van der Waals surface area contributed by atoms with Crippen molar-refractivity contribution < 1.29 is 0 Å². The van der Waals surface area contributed by atoms with Crippen molar-refractivity contribution >= 4 is 11.6 Å². The number of benzene rings is 1. The number of rotatable bonds is 4. The molecule has 0 atom stereocenters. The van der Waals surface area contributed by atoms with Crippen LogP contribution < -0.4 is 5.32 Å². The van der Waals surface area contributed by atoms with E-state index < -0.39 is 0 Å². The fourth-order valence-corrected chi connectivity index (χ4v) is 1.76. The predicted octanol–water partition coefficient (Wildman–Crippen LogP) is 1.90. The average Bonchev–Trinajstić information content (AvgIpc) is 2.69. The largest absolute Gasteiger partial charge is 0.319 e. The van der Waals surface area contributed by atoms with Gasteiger partial charge < -0.3 is 5.32 Å². The summed E-state index contributed by atoms with van der Waals surface area (Å²) in [5.74, 6) is 1.72. The number of aromatic nitrogens is 3. The molecule has 0 bridgehead atoms. The van der Waals surface area contributed by atoms with E-state index >= 15 is 0 Å². The van der Waals surface area contributed by atoms with Crippen molar-refractivity contribution in [3.05, 3.63) is 35.1 Å². The number of nitrogens with zero attached hydrogens (tertiary/aromatic N) is 3. The van der Waals surface area contributed by atoms with Crippen LogP contribution in [0.4, 0.5) is 0 Å². The standard InChI is InChI=1S/C12H15ClN4/c1-14-8-7-11-15-12(17(2)16-11)9-3-5-10(13)6-4-9/h3-6,14H,7-8H2,1-2H3. The van der Waals surface area contributed by atoms with Gasteiger partial charge in [0, 0.05) is 30.6 Å². The lowest BCUT2D eigenvalue weighted by molar-refractivity contribution is 0.717. The maximum atomic E-state index is 5.86. The topological polar surface area (TPSA) is 42.7 Å². The predicted molar refractivity (Wildman–Crippen MR) is 69.1 cm³/mol. The molecule has 4 nitrogen and oxygen atoms in total. The maximum Gasteiger partial charge on any atom is 0.158 e. The van der Waals surface area contributed by atoms with E-state index in [0.717, 1.165) is 35.2 Å². The normalized spacial score (nSPS) is 10.8. The zero-order chi connectivity index (χ0) is 12.3. The van der Waals surface area contributed by atoms with Gasteiger partial charge in [0.25, 0.3) is 0 Å². The van der Waals surface area contributed by atoms with Crippen molar-refractivity contribution in [3.63, 3.8) is 0 Å². The Bertz CT molecular complexity index is 490. The fraction of sp³-hybridized carbons (Fsp3) is 0.333. The molecule has 2 aromatic rings. The van der Waals surface area contributed by atoms with Crippen molar-refractivity contribution in [2.45, 2.75) is 6.42 Å². The molecule has 1 aromatic carbocycles. The van der Waals surface area contributed by atoms with Gasteiger partial charge in [0.2, 0.25) is 0 Å². The summed E-state index contributed by atoms with van der Waals surface area (Å²) in [5.41, 5.74) is 1.03. The van der Waals surface area contributed by atoms with Gasteiger partial charge in [-0.2, -0.15) is 5.10 Å². The molecule has 5 heteroatoms. The summed E-state index contributed by atoms with van der Waals surface area (Å²) in [7, 11) is 3.82. The highest BCUT2D eigenvalue weighted by Gasteiger charge is 2.08.